The Morgan fingerprint density at radius 3 is 2.74 bits per heavy atom. The molecule has 3 rings (SSSR count). The van der Waals surface area contributed by atoms with Crippen LogP contribution in [0.25, 0.3) is 0 Å². The van der Waals surface area contributed by atoms with E-state index >= 15 is 0 Å². The van der Waals surface area contributed by atoms with Crippen molar-refractivity contribution in [2.75, 3.05) is 25.2 Å². The number of carbonyl (C=O) groups excluding carboxylic acids is 2. The number of nitrogens with two attached hydrogens (primary N) is 1. The summed E-state index contributed by atoms with van der Waals surface area (Å²) >= 11 is 6.27. The monoisotopic (exact) mass is 388 g/mol. The molecule has 2 aromatic carbocycles. The Kier molecular flexibility index (Phi) is 5.56. The van der Waals surface area contributed by atoms with Crippen LogP contribution in [0, 0.1) is 6.92 Å². The number of hydrogen-bond acceptors (Lipinski definition) is 4. The molecule has 0 saturated heterocycles. The second-order valence-electron chi connectivity index (χ2n) is 6.44. The van der Waals surface area contributed by atoms with Gasteiger partial charge in [0.15, 0.2) is 18.1 Å². The second kappa shape index (κ2) is 7.88. The van der Waals surface area contributed by atoms with Crippen LogP contribution in [0.2, 0.25) is 5.02 Å². The predicted molar refractivity (Wildman–Crippen MR) is 104 cm³/mol. The molecule has 2 aromatic rings. The van der Waals surface area contributed by atoms with E-state index < -0.39 is 5.91 Å². The molecule has 27 heavy (non-hydrogen) atoms. The number of rotatable bonds is 5. The zero-order valence-corrected chi connectivity index (χ0v) is 16.0. The van der Waals surface area contributed by atoms with Gasteiger partial charge in [0.2, 0.25) is 0 Å². The first-order chi connectivity index (χ1) is 12.9. The number of halogens is 1. The lowest BCUT2D eigenvalue weighted by atomic mass is 9.98. The number of nitrogens with zero attached hydrogens (tertiary/aromatic N) is 1. The van der Waals surface area contributed by atoms with Gasteiger partial charge in [-0.25, -0.2) is 0 Å². The first-order valence-electron chi connectivity index (χ1n) is 8.60. The van der Waals surface area contributed by atoms with Crippen molar-refractivity contribution in [1.82, 2.24) is 0 Å². The standard InChI is InChI=1S/C20H21ClN2O4/c1-12-5-6-16-13(8-12)4-3-7-23(16)20(25)14-9-15(21)19(17(10-14)26-2)27-11-18(22)24/h5-6,8-10H,3-4,7,11H2,1-2H3,(H2,22,24). The molecule has 0 radical (unpaired) electrons. The van der Waals surface area contributed by atoms with Crippen LogP contribution in [0.15, 0.2) is 30.3 Å². The summed E-state index contributed by atoms with van der Waals surface area (Å²) in [4.78, 5) is 25.9. The smallest absolute Gasteiger partial charge is 0.258 e. The third kappa shape index (κ3) is 4.01. The lowest BCUT2D eigenvalue weighted by molar-refractivity contribution is -0.119. The molecule has 0 saturated carbocycles. The summed E-state index contributed by atoms with van der Waals surface area (Å²) in [5, 5.41) is 0.181. The third-order valence-electron chi connectivity index (χ3n) is 4.43. The maximum absolute atomic E-state index is 13.1. The topological polar surface area (TPSA) is 81.9 Å². The Bertz CT molecular complexity index is 898. The first kappa shape index (κ1) is 19.0. The highest BCUT2D eigenvalue weighted by Gasteiger charge is 2.25. The Hall–Kier alpha value is -2.73. The number of amides is 2. The van der Waals surface area contributed by atoms with Gasteiger partial charge in [0, 0.05) is 17.8 Å². The van der Waals surface area contributed by atoms with Gasteiger partial charge in [0.05, 0.1) is 12.1 Å². The summed E-state index contributed by atoms with van der Waals surface area (Å²) in [5.41, 5.74) is 8.74. The van der Waals surface area contributed by atoms with E-state index in [1.807, 2.05) is 19.1 Å². The average molecular weight is 389 g/mol. The maximum Gasteiger partial charge on any atom is 0.258 e. The van der Waals surface area contributed by atoms with Crippen LogP contribution in [0.5, 0.6) is 11.5 Å². The zero-order valence-electron chi connectivity index (χ0n) is 15.3. The highest BCUT2D eigenvalue weighted by Crippen LogP contribution is 2.37. The lowest BCUT2D eigenvalue weighted by Crippen LogP contribution is -2.35. The molecule has 1 aliphatic heterocycles. The average Bonchev–Trinajstić information content (AvgIpc) is 2.64. The van der Waals surface area contributed by atoms with E-state index in [0.29, 0.717) is 12.1 Å². The Morgan fingerprint density at radius 2 is 2.04 bits per heavy atom. The lowest BCUT2D eigenvalue weighted by Gasteiger charge is -2.30. The van der Waals surface area contributed by atoms with E-state index in [1.54, 1.807) is 11.0 Å². The molecule has 0 bridgehead atoms. The summed E-state index contributed by atoms with van der Waals surface area (Å²) in [7, 11) is 1.44. The van der Waals surface area contributed by atoms with Crippen molar-refractivity contribution in [3.63, 3.8) is 0 Å². The molecular formula is C20H21ClN2O4. The SMILES string of the molecule is COc1cc(C(=O)N2CCCc3cc(C)ccc32)cc(Cl)c1OCC(N)=O. The van der Waals surface area contributed by atoms with Crippen LogP contribution in [0.1, 0.15) is 27.9 Å². The van der Waals surface area contributed by atoms with Gasteiger partial charge in [0.1, 0.15) is 0 Å². The second-order valence-corrected chi connectivity index (χ2v) is 6.84. The van der Waals surface area contributed by atoms with Crippen LogP contribution in [-0.4, -0.2) is 32.1 Å². The first-order valence-corrected chi connectivity index (χ1v) is 8.98. The van der Waals surface area contributed by atoms with E-state index in [9.17, 15) is 9.59 Å². The molecule has 0 aromatic heterocycles. The minimum Gasteiger partial charge on any atom is -0.493 e. The van der Waals surface area contributed by atoms with Gasteiger partial charge >= 0.3 is 0 Å². The fourth-order valence-corrected chi connectivity index (χ4v) is 3.48. The number of fused-ring (bicyclic) bond motifs is 1. The van der Waals surface area contributed by atoms with Crippen LogP contribution in [0.4, 0.5) is 5.69 Å². The van der Waals surface area contributed by atoms with E-state index in [-0.39, 0.29) is 29.0 Å². The zero-order chi connectivity index (χ0) is 19.6. The number of aryl methyl sites for hydroxylation is 2. The Balaban J connectivity index is 1.94. The molecule has 2 amide bonds. The molecule has 1 aliphatic rings. The van der Waals surface area contributed by atoms with Crippen LogP contribution >= 0.6 is 11.6 Å². The number of ether oxygens (including phenoxy) is 2. The molecule has 1 heterocycles. The van der Waals surface area contributed by atoms with Crippen LogP contribution in [0.3, 0.4) is 0 Å². The highest BCUT2D eigenvalue weighted by atomic mass is 35.5. The number of carbonyl (C=O) groups is 2. The van der Waals surface area contributed by atoms with Crippen molar-refractivity contribution in [1.29, 1.82) is 0 Å². The fourth-order valence-electron chi connectivity index (χ4n) is 3.22. The molecular weight excluding hydrogens is 368 g/mol. The Morgan fingerprint density at radius 1 is 1.26 bits per heavy atom. The van der Waals surface area contributed by atoms with Gasteiger partial charge in [-0.2, -0.15) is 0 Å². The fraction of sp³-hybridized carbons (Fsp3) is 0.300. The summed E-state index contributed by atoms with van der Waals surface area (Å²) < 4.78 is 10.6. The summed E-state index contributed by atoms with van der Waals surface area (Å²) in [6.07, 6.45) is 1.84. The molecule has 0 spiro atoms. The van der Waals surface area contributed by atoms with Crippen LogP contribution in [-0.2, 0) is 11.2 Å². The summed E-state index contributed by atoms with van der Waals surface area (Å²) in [5.74, 6) is -0.340. The molecule has 0 aliphatic carbocycles. The van der Waals surface area contributed by atoms with Gasteiger partial charge in [-0.1, -0.05) is 29.3 Å². The molecule has 0 unspecified atom stereocenters. The summed E-state index contributed by atoms with van der Waals surface area (Å²) in [6.45, 7) is 2.34. The van der Waals surface area contributed by atoms with E-state index in [0.717, 1.165) is 24.1 Å². The van der Waals surface area contributed by atoms with E-state index in [4.69, 9.17) is 26.8 Å². The Labute approximate surface area is 162 Å². The quantitative estimate of drug-likeness (QED) is 0.853. The molecule has 0 fully saturated rings. The molecule has 6 nitrogen and oxygen atoms in total. The van der Waals surface area contributed by atoms with Crippen molar-refractivity contribution < 1.29 is 19.1 Å². The minimum atomic E-state index is -0.631. The summed E-state index contributed by atoms with van der Waals surface area (Å²) in [6, 6.07) is 9.17. The van der Waals surface area contributed by atoms with Crippen molar-refractivity contribution in [3.8, 4) is 11.5 Å². The molecule has 7 heteroatoms. The molecule has 2 N–H and O–H groups in total. The maximum atomic E-state index is 13.1. The van der Waals surface area contributed by atoms with E-state index in [2.05, 4.69) is 6.07 Å². The third-order valence-corrected chi connectivity index (χ3v) is 4.71. The van der Waals surface area contributed by atoms with Gasteiger partial charge < -0.3 is 20.1 Å². The molecule has 0 atom stereocenters. The number of anilines is 1. The largest absolute Gasteiger partial charge is 0.493 e. The number of hydrogen-bond donors (Lipinski definition) is 1. The number of methoxy groups -OCH3 is 1. The van der Waals surface area contributed by atoms with Crippen molar-refractivity contribution in [2.45, 2.75) is 19.8 Å². The van der Waals surface area contributed by atoms with Gasteiger partial charge in [-0.15, -0.1) is 0 Å². The highest BCUT2D eigenvalue weighted by molar-refractivity contribution is 6.33. The number of benzene rings is 2. The van der Waals surface area contributed by atoms with Crippen LogP contribution < -0.4 is 20.1 Å². The minimum absolute atomic E-state index is 0.165. The van der Waals surface area contributed by atoms with Crippen molar-refractivity contribution >= 4 is 29.1 Å². The van der Waals surface area contributed by atoms with E-state index in [1.165, 1.54) is 18.7 Å². The van der Waals surface area contributed by atoms with Crippen molar-refractivity contribution in [2.24, 2.45) is 5.73 Å². The molecule has 142 valence electrons. The van der Waals surface area contributed by atoms with Gasteiger partial charge in [-0.05, 0) is 43.5 Å². The number of primary amides is 1. The van der Waals surface area contributed by atoms with Crippen molar-refractivity contribution in [3.05, 3.63) is 52.0 Å². The van der Waals surface area contributed by atoms with Gasteiger partial charge in [-0.3, -0.25) is 9.59 Å². The normalized spacial score (nSPS) is 13.1. The predicted octanol–water partition coefficient (Wildman–Crippen LogP) is 3.11. The van der Waals surface area contributed by atoms with Gasteiger partial charge in [0.25, 0.3) is 11.8 Å².